The monoisotopic (exact) mass is 384 g/mol. The fourth-order valence-electron chi connectivity index (χ4n) is 5.31. The van der Waals surface area contributed by atoms with Crippen LogP contribution in [0.5, 0.6) is 0 Å². The molecule has 6 heteroatoms. The maximum absolute atomic E-state index is 13.1. The zero-order valence-corrected chi connectivity index (χ0v) is 17.4. The molecule has 0 aromatic carbocycles. The highest BCUT2D eigenvalue weighted by molar-refractivity contribution is 6.03. The number of nitrogens with zero attached hydrogens (tertiary/aromatic N) is 4. The minimum atomic E-state index is -0.389. The summed E-state index contributed by atoms with van der Waals surface area (Å²) >= 11 is 0. The smallest absolute Gasteiger partial charge is 0.235 e. The average molecular weight is 385 g/mol. The van der Waals surface area contributed by atoms with Gasteiger partial charge in [0.15, 0.2) is 0 Å². The van der Waals surface area contributed by atoms with E-state index in [1.807, 2.05) is 18.3 Å². The molecule has 1 aromatic rings. The predicted octanol–water partition coefficient (Wildman–Crippen LogP) is 2.41. The summed E-state index contributed by atoms with van der Waals surface area (Å²) < 4.78 is 0. The van der Waals surface area contributed by atoms with Crippen LogP contribution in [-0.2, 0) is 9.59 Å². The van der Waals surface area contributed by atoms with Crippen LogP contribution in [0.1, 0.15) is 40.0 Å². The highest BCUT2D eigenvalue weighted by Crippen LogP contribution is 2.60. The van der Waals surface area contributed by atoms with E-state index in [1.165, 1.54) is 0 Å². The molecule has 2 bridgehead atoms. The molecular weight excluding hydrogens is 352 g/mol. The lowest BCUT2D eigenvalue weighted by atomic mass is 9.62. The Morgan fingerprint density at radius 3 is 2.50 bits per heavy atom. The van der Waals surface area contributed by atoms with Crippen molar-refractivity contribution in [3.8, 4) is 0 Å². The number of carbonyl (C=O) groups is 2. The Morgan fingerprint density at radius 1 is 1.07 bits per heavy atom. The number of likely N-dealkylation sites (tertiary alicyclic amines) is 1. The van der Waals surface area contributed by atoms with Crippen molar-refractivity contribution in [3.63, 3.8) is 0 Å². The highest BCUT2D eigenvalue weighted by Gasteiger charge is 2.64. The molecule has 152 valence electrons. The highest BCUT2D eigenvalue weighted by atomic mass is 16.2. The molecule has 4 rings (SSSR count). The number of piperidine rings is 1. The van der Waals surface area contributed by atoms with Gasteiger partial charge in [-0.15, -0.1) is 0 Å². The molecule has 28 heavy (non-hydrogen) atoms. The van der Waals surface area contributed by atoms with E-state index in [1.54, 1.807) is 4.90 Å². The number of aromatic nitrogens is 1. The second-order valence-electron chi connectivity index (χ2n) is 9.31. The fourth-order valence-corrected chi connectivity index (χ4v) is 5.31. The van der Waals surface area contributed by atoms with Crippen molar-refractivity contribution in [3.05, 3.63) is 24.4 Å². The lowest BCUT2D eigenvalue weighted by Gasteiger charge is -2.47. The van der Waals surface area contributed by atoms with Gasteiger partial charge in [-0.2, -0.15) is 0 Å². The van der Waals surface area contributed by atoms with Crippen molar-refractivity contribution in [1.29, 1.82) is 0 Å². The van der Waals surface area contributed by atoms with Crippen LogP contribution < -0.4 is 4.90 Å². The minimum absolute atomic E-state index is 0.00267. The van der Waals surface area contributed by atoms with Crippen LogP contribution >= 0.6 is 0 Å². The number of pyridine rings is 1. The largest absolute Gasteiger partial charge is 0.354 e. The van der Waals surface area contributed by atoms with E-state index >= 15 is 0 Å². The maximum Gasteiger partial charge on any atom is 0.235 e. The number of imide groups is 1. The molecule has 0 spiro atoms. The molecule has 1 aromatic heterocycles. The van der Waals surface area contributed by atoms with Gasteiger partial charge in [0.05, 0.1) is 5.41 Å². The minimum Gasteiger partial charge on any atom is -0.354 e. The molecule has 2 saturated heterocycles. The first kappa shape index (κ1) is 19.4. The number of rotatable bonds is 5. The first-order valence-corrected chi connectivity index (χ1v) is 10.6. The Hall–Kier alpha value is -1.95. The van der Waals surface area contributed by atoms with Gasteiger partial charge in [0.25, 0.3) is 0 Å². The third-order valence-corrected chi connectivity index (χ3v) is 7.71. The number of anilines is 1. The van der Waals surface area contributed by atoms with Crippen molar-refractivity contribution < 1.29 is 9.59 Å². The molecule has 2 aliphatic heterocycles. The normalized spacial score (nSPS) is 30.2. The van der Waals surface area contributed by atoms with E-state index in [4.69, 9.17) is 0 Å². The van der Waals surface area contributed by atoms with Crippen LogP contribution in [0.25, 0.3) is 0 Å². The fraction of sp³-hybridized carbons (Fsp3) is 0.682. The van der Waals surface area contributed by atoms with Crippen molar-refractivity contribution in [2.45, 2.75) is 40.0 Å². The second-order valence-corrected chi connectivity index (χ2v) is 9.31. The Labute approximate surface area is 167 Å². The van der Waals surface area contributed by atoms with Crippen LogP contribution in [0.3, 0.4) is 0 Å². The van der Waals surface area contributed by atoms with E-state index in [-0.39, 0.29) is 28.6 Å². The summed E-state index contributed by atoms with van der Waals surface area (Å²) in [5, 5.41) is 0. The third-order valence-electron chi connectivity index (χ3n) is 7.71. The van der Waals surface area contributed by atoms with Gasteiger partial charge >= 0.3 is 0 Å². The topological polar surface area (TPSA) is 56.8 Å². The van der Waals surface area contributed by atoms with Gasteiger partial charge in [-0.05, 0) is 43.4 Å². The zero-order valence-electron chi connectivity index (χ0n) is 17.4. The van der Waals surface area contributed by atoms with Gasteiger partial charge in [-0.25, -0.2) is 4.98 Å². The first-order valence-electron chi connectivity index (χ1n) is 10.6. The summed E-state index contributed by atoms with van der Waals surface area (Å²) in [6.45, 7) is 11.7. The molecule has 0 radical (unpaired) electrons. The molecule has 2 atom stereocenters. The predicted molar refractivity (Wildman–Crippen MR) is 109 cm³/mol. The van der Waals surface area contributed by atoms with Gasteiger partial charge in [-0.1, -0.05) is 26.8 Å². The van der Waals surface area contributed by atoms with Crippen LogP contribution in [0.2, 0.25) is 0 Å². The first-order chi connectivity index (χ1) is 13.3. The molecule has 2 amide bonds. The van der Waals surface area contributed by atoms with Gasteiger partial charge in [0.2, 0.25) is 11.8 Å². The quantitative estimate of drug-likeness (QED) is 0.730. The number of carbonyl (C=O) groups excluding carboxylic acids is 2. The number of piperazine rings is 1. The maximum atomic E-state index is 13.1. The van der Waals surface area contributed by atoms with Crippen LogP contribution in [0.4, 0.5) is 5.82 Å². The Kier molecular flexibility index (Phi) is 4.94. The second kappa shape index (κ2) is 7.14. The summed E-state index contributed by atoms with van der Waals surface area (Å²) in [5.41, 5.74) is -0.612. The lowest BCUT2D eigenvalue weighted by molar-refractivity contribution is -0.167. The van der Waals surface area contributed by atoms with Crippen LogP contribution in [-0.4, -0.2) is 65.9 Å². The number of hydrogen-bond donors (Lipinski definition) is 0. The van der Waals surface area contributed by atoms with Gasteiger partial charge in [-0.3, -0.25) is 19.4 Å². The SMILES string of the molecule is CC1(C)[C@H]2CC[C@]1(C)C(=O)N(CCCN1CCN(c3ccccn3)CC1)C2=O. The zero-order chi connectivity index (χ0) is 19.9. The third kappa shape index (κ3) is 3.02. The number of fused-ring (bicyclic) bond motifs is 2. The molecule has 0 unspecified atom stereocenters. The van der Waals surface area contributed by atoms with Gasteiger partial charge < -0.3 is 4.90 Å². The summed E-state index contributed by atoms with van der Waals surface area (Å²) in [6, 6.07) is 6.02. The number of amides is 2. The average Bonchev–Trinajstić information content (AvgIpc) is 2.89. The number of hydrogen-bond acceptors (Lipinski definition) is 5. The molecule has 3 fully saturated rings. The molecule has 3 heterocycles. The van der Waals surface area contributed by atoms with E-state index in [9.17, 15) is 9.59 Å². The van der Waals surface area contributed by atoms with Crippen LogP contribution in [0, 0.1) is 16.7 Å². The van der Waals surface area contributed by atoms with Gasteiger partial charge in [0, 0.05) is 44.8 Å². The van der Waals surface area contributed by atoms with E-state index in [2.05, 4.69) is 41.6 Å². The summed E-state index contributed by atoms with van der Waals surface area (Å²) in [5.74, 6) is 1.15. The van der Waals surface area contributed by atoms with Crippen molar-refractivity contribution >= 4 is 17.6 Å². The molecule has 3 aliphatic rings. The molecule has 0 N–H and O–H groups in total. The molecule has 1 aliphatic carbocycles. The Balaban J connectivity index is 1.28. The Morgan fingerprint density at radius 2 is 1.82 bits per heavy atom. The Bertz CT molecular complexity index is 742. The van der Waals surface area contributed by atoms with E-state index < -0.39 is 0 Å². The lowest BCUT2D eigenvalue weighted by Crippen LogP contribution is -2.59. The van der Waals surface area contributed by atoms with Crippen molar-refractivity contribution in [2.24, 2.45) is 16.7 Å². The van der Waals surface area contributed by atoms with E-state index in [0.29, 0.717) is 6.54 Å². The van der Waals surface area contributed by atoms with Crippen LogP contribution in [0.15, 0.2) is 24.4 Å². The van der Waals surface area contributed by atoms with Crippen molar-refractivity contribution in [2.75, 3.05) is 44.2 Å². The summed E-state index contributed by atoms with van der Waals surface area (Å²) in [4.78, 5) is 36.8. The van der Waals surface area contributed by atoms with E-state index in [0.717, 1.165) is 57.8 Å². The van der Waals surface area contributed by atoms with Crippen molar-refractivity contribution in [1.82, 2.24) is 14.8 Å². The standard InChI is InChI=1S/C22H32N4O2/c1-21(2)17-8-9-22(21,3)20(28)26(19(17)27)12-6-11-24-13-15-25(16-14-24)18-7-4-5-10-23-18/h4-5,7,10,17H,6,8-9,11-16H2,1-3H3/t17-,22+/m0/s1. The van der Waals surface area contributed by atoms with Gasteiger partial charge in [0.1, 0.15) is 5.82 Å². The summed E-state index contributed by atoms with van der Waals surface area (Å²) in [7, 11) is 0. The molecular formula is C22H32N4O2. The molecule has 6 nitrogen and oxygen atoms in total. The molecule has 1 saturated carbocycles. The summed E-state index contributed by atoms with van der Waals surface area (Å²) in [6.07, 6.45) is 4.37.